The molecule has 0 aliphatic heterocycles. The zero-order chi connectivity index (χ0) is 29.2. The van der Waals surface area contributed by atoms with Crippen molar-refractivity contribution in [1.29, 1.82) is 0 Å². The molecule has 2 aromatic rings. The van der Waals surface area contributed by atoms with Crippen molar-refractivity contribution in [2.45, 2.75) is 83.8 Å². The van der Waals surface area contributed by atoms with E-state index in [-0.39, 0.29) is 6.61 Å². The SMILES string of the molecule is CSC(=S)OCCCCCCCOCc1ccccc1.FC(F)(F)OCCCCCCCOCc1ccccc1. The maximum absolute atomic E-state index is 11.7. The second-order valence-electron chi connectivity index (χ2n) is 9.21. The Labute approximate surface area is 248 Å². The van der Waals surface area contributed by atoms with Crippen molar-refractivity contribution < 1.29 is 32.1 Å². The van der Waals surface area contributed by atoms with Crippen LogP contribution in [0.1, 0.15) is 75.3 Å². The fourth-order valence-electron chi connectivity index (χ4n) is 3.60. The lowest BCUT2D eigenvalue weighted by molar-refractivity contribution is -0.324. The van der Waals surface area contributed by atoms with Crippen molar-refractivity contribution in [3.63, 3.8) is 0 Å². The molecule has 0 aliphatic rings. The monoisotopic (exact) mass is 602 g/mol. The van der Waals surface area contributed by atoms with Gasteiger partial charge in [-0.15, -0.1) is 13.2 Å². The minimum Gasteiger partial charge on any atom is -0.479 e. The first-order chi connectivity index (χ1) is 19.4. The molecular weight excluding hydrogens is 557 g/mol. The van der Waals surface area contributed by atoms with E-state index in [1.54, 1.807) is 0 Å². The summed E-state index contributed by atoms with van der Waals surface area (Å²) in [6, 6.07) is 20.3. The molecule has 0 aliphatic carbocycles. The number of rotatable bonds is 20. The van der Waals surface area contributed by atoms with Crippen molar-refractivity contribution in [3.8, 4) is 0 Å². The summed E-state index contributed by atoms with van der Waals surface area (Å²) in [6.07, 6.45) is 7.37. The Morgan fingerprint density at radius 1 is 0.625 bits per heavy atom. The van der Waals surface area contributed by atoms with Crippen LogP contribution in [-0.4, -0.2) is 43.4 Å². The highest BCUT2D eigenvalue weighted by atomic mass is 32.2. The van der Waals surface area contributed by atoms with E-state index in [0.29, 0.717) is 24.0 Å². The molecular formula is C31H45F3O4S2. The molecule has 0 heterocycles. The number of halogens is 3. The molecule has 0 bridgehead atoms. The Morgan fingerprint density at radius 2 is 1.02 bits per heavy atom. The summed E-state index contributed by atoms with van der Waals surface area (Å²) in [6.45, 7) is 3.38. The Kier molecular flexibility index (Phi) is 22.8. The van der Waals surface area contributed by atoms with Crippen LogP contribution in [0.15, 0.2) is 60.7 Å². The Morgan fingerprint density at radius 3 is 1.45 bits per heavy atom. The van der Waals surface area contributed by atoms with E-state index in [1.807, 2.05) is 54.8 Å². The largest absolute Gasteiger partial charge is 0.522 e. The number of unbranched alkanes of at least 4 members (excludes halogenated alkanes) is 8. The van der Waals surface area contributed by atoms with Gasteiger partial charge in [-0.05, 0) is 55.3 Å². The first-order valence-corrected chi connectivity index (χ1v) is 15.7. The van der Waals surface area contributed by atoms with Crippen molar-refractivity contribution in [2.75, 3.05) is 32.7 Å². The predicted molar refractivity (Wildman–Crippen MR) is 162 cm³/mol. The van der Waals surface area contributed by atoms with E-state index in [0.717, 1.165) is 63.9 Å². The van der Waals surface area contributed by atoms with Gasteiger partial charge in [0.15, 0.2) is 0 Å². The van der Waals surface area contributed by atoms with Gasteiger partial charge in [-0.3, -0.25) is 4.74 Å². The van der Waals surface area contributed by atoms with Gasteiger partial charge in [0.05, 0.1) is 26.4 Å². The quantitative estimate of drug-likeness (QED) is 0.111. The molecule has 0 N–H and O–H groups in total. The maximum Gasteiger partial charge on any atom is 0.522 e. The van der Waals surface area contributed by atoms with Gasteiger partial charge in [0, 0.05) is 13.2 Å². The van der Waals surface area contributed by atoms with E-state index >= 15 is 0 Å². The Bertz CT molecular complexity index is 839. The number of thiocarbonyl (C=S) groups is 1. The summed E-state index contributed by atoms with van der Waals surface area (Å²) in [7, 11) is 0. The van der Waals surface area contributed by atoms with Gasteiger partial charge in [0.2, 0.25) is 4.38 Å². The van der Waals surface area contributed by atoms with Gasteiger partial charge in [0.25, 0.3) is 0 Å². The molecule has 0 amide bonds. The summed E-state index contributed by atoms with van der Waals surface area (Å²) < 4.78 is 55.9. The molecule has 2 aromatic carbocycles. The third-order valence-electron chi connectivity index (χ3n) is 5.74. The highest BCUT2D eigenvalue weighted by Gasteiger charge is 2.28. The van der Waals surface area contributed by atoms with Gasteiger partial charge < -0.3 is 14.2 Å². The van der Waals surface area contributed by atoms with E-state index in [4.69, 9.17) is 26.4 Å². The third-order valence-corrected chi connectivity index (χ3v) is 6.81. The Hall–Kier alpha value is -1.65. The second-order valence-corrected chi connectivity index (χ2v) is 10.6. The lowest BCUT2D eigenvalue weighted by Crippen LogP contribution is -2.13. The van der Waals surface area contributed by atoms with Crippen LogP contribution >= 0.6 is 24.0 Å². The molecule has 0 unspecified atom stereocenters. The highest BCUT2D eigenvalue weighted by Crippen LogP contribution is 2.17. The zero-order valence-electron chi connectivity index (χ0n) is 23.7. The molecule has 0 radical (unpaired) electrons. The average molecular weight is 603 g/mol. The van der Waals surface area contributed by atoms with Gasteiger partial charge in [-0.25, -0.2) is 0 Å². The summed E-state index contributed by atoms with van der Waals surface area (Å²) in [5.41, 5.74) is 2.39. The minimum absolute atomic E-state index is 0.242. The lowest BCUT2D eigenvalue weighted by atomic mass is 10.1. The maximum atomic E-state index is 11.7. The fourth-order valence-corrected chi connectivity index (χ4v) is 3.89. The first-order valence-electron chi connectivity index (χ1n) is 14.1. The number of thioether (sulfide) groups is 1. The number of hydrogen-bond acceptors (Lipinski definition) is 6. The summed E-state index contributed by atoms with van der Waals surface area (Å²) in [4.78, 5) is 0. The number of ether oxygens (including phenoxy) is 4. The first kappa shape index (κ1) is 36.4. The molecule has 226 valence electrons. The van der Waals surface area contributed by atoms with Crippen LogP contribution in [-0.2, 0) is 32.2 Å². The van der Waals surface area contributed by atoms with Gasteiger partial charge in [0.1, 0.15) is 0 Å². The van der Waals surface area contributed by atoms with Crippen LogP contribution in [0.4, 0.5) is 13.2 Å². The fraction of sp³-hybridized carbons (Fsp3) is 0.581. The zero-order valence-corrected chi connectivity index (χ0v) is 25.3. The summed E-state index contributed by atoms with van der Waals surface area (Å²) in [5.74, 6) is 0. The molecule has 0 saturated carbocycles. The van der Waals surface area contributed by atoms with E-state index < -0.39 is 6.36 Å². The number of hydrogen-bond donors (Lipinski definition) is 0. The van der Waals surface area contributed by atoms with Crippen molar-refractivity contribution in [2.24, 2.45) is 0 Å². The molecule has 0 fully saturated rings. The molecule has 0 spiro atoms. The predicted octanol–water partition coefficient (Wildman–Crippen LogP) is 9.51. The highest BCUT2D eigenvalue weighted by molar-refractivity contribution is 8.22. The molecule has 4 nitrogen and oxygen atoms in total. The normalized spacial score (nSPS) is 11.1. The lowest BCUT2D eigenvalue weighted by Gasteiger charge is -2.07. The van der Waals surface area contributed by atoms with Gasteiger partial charge in [-0.1, -0.05) is 111 Å². The van der Waals surface area contributed by atoms with E-state index in [1.165, 1.54) is 36.6 Å². The average Bonchev–Trinajstić information content (AvgIpc) is 2.95. The van der Waals surface area contributed by atoms with Crippen LogP contribution in [0.3, 0.4) is 0 Å². The van der Waals surface area contributed by atoms with Crippen molar-refractivity contribution >= 4 is 28.4 Å². The standard InChI is InChI=1S/C16H24O2S2.C15H21F3O2/c1-20-16(19)18-13-9-4-2-3-8-12-17-14-15-10-6-5-7-11-15;16-15(17,18)20-12-8-3-1-2-7-11-19-13-14-9-5-4-6-10-14/h5-7,10-11H,2-4,8-9,12-14H2,1H3;4-6,9-10H,1-3,7-8,11-13H2. The second kappa shape index (κ2) is 25.1. The molecule has 9 heteroatoms. The number of alkyl halides is 3. The summed E-state index contributed by atoms with van der Waals surface area (Å²) >= 11 is 6.46. The van der Waals surface area contributed by atoms with Crippen LogP contribution in [0.2, 0.25) is 0 Å². The van der Waals surface area contributed by atoms with Crippen LogP contribution in [0.5, 0.6) is 0 Å². The van der Waals surface area contributed by atoms with E-state index in [9.17, 15) is 13.2 Å². The van der Waals surface area contributed by atoms with Crippen LogP contribution in [0, 0.1) is 0 Å². The smallest absolute Gasteiger partial charge is 0.479 e. The van der Waals surface area contributed by atoms with Crippen molar-refractivity contribution in [1.82, 2.24) is 0 Å². The summed E-state index contributed by atoms with van der Waals surface area (Å²) in [5, 5.41) is 0. The minimum atomic E-state index is -4.49. The molecule has 40 heavy (non-hydrogen) atoms. The molecule has 2 rings (SSSR count). The topological polar surface area (TPSA) is 36.9 Å². The van der Waals surface area contributed by atoms with Crippen LogP contribution in [0.25, 0.3) is 0 Å². The third kappa shape index (κ3) is 24.2. The molecule has 0 aromatic heterocycles. The van der Waals surface area contributed by atoms with Crippen molar-refractivity contribution in [3.05, 3.63) is 71.8 Å². The Balaban J connectivity index is 0.000000400. The molecule has 0 saturated heterocycles. The van der Waals surface area contributed by atoms with Crippen LogP contribution < -0.4 is 0 Å². The number of benzene rings is 2. The van der Waals surface area contributed by atoms with E-state index in [2.05, 4.69) is 16.9 Å². The van der Waals surface area contributed by atoms with Gasteiger partial charge in [-0.2, -0.15) is 0 Å². The molecule has 0 atom stereocenters. The van der Waals surface area contributed by atoms with Gasteiger partial charge >= 0.3 is 6.36 Å².